The highest BCUT2D eigenvalue weighted by molar-refractivity contribution is 7.89. The first-order valence-electron chi connectivity index (χ1n) is 5.71. The van der Waals surface area contributed by atoms with Gasteiger partial charge in [0.1, 0.15) is 4.90 Å². The number of sulfonamides is 1. The van der Waals surface area contributed by atoms with Crippen LogP contribution < -0.4 is 0 Å². The molecule has 1 fully saturated rings. The maximum Gasteiger partial charge on any atom is 0.244 e. The quantitative estimate of drug-likeness (QED) is 0.804. The number of hydrogen-bond acceptors (Lipinski definition) is 4. The SMILES string of the molecule is Cc1csc(CCl)c1S(=O)(=O)N1CCOC(C)C1. The first-order chi connectivity index (χ1) is 8.46. The Morgan fingerprint density at radius 3 is 2.94 bits per heavy atom. The van der Waals surface area contributed by atoms with E-state index in [0.29, 0.717) is 29.5 Å². The Bertz CT molecular complexity index is 526. The predicted molar refractivity (Wildman–Crippen MR) is 72.8 cm³/mol. The monoisotopic (exact) mass is 309 g/mol. The summed E-state index contributed by atoms with van der Waals surface area (Å²) in [5, 5.41) is 1.84. The number of morpholine rings is 1. The van der Waals surface area contributed by atoms with Gasteiger partial charge in [0.25, 0.3) is 0 Å². The summed E-state index contributed by atoms with van der Waals surface area (Å²) in [5.41, 5.74) is 0.773. The number of nitrogens with zero attached hydrogens (tertiary/aromatic N) is 1. The lowest BCUT2D eigenvalue weighted by atomic mass is 10.3. The molecule has 0 aliphatic carbocycles. The summed E-state index contributed by atoms with van der Waals surface area (Å²) >= 11 is 7.22. The van der Waals surface area contributed by atoms with Crippen LogP contribution in [0.25, 0.3) is 0 Å². The Morgan fingerprint density at radius 1 is 1.61 bits per heavy atom. The standard InChI is InChI=1S/C11H16ClNO3S2/c1-8-7-17-10(5-12)11(8)18(14,15)13-3-4-16-9(2)6-13/h7,9H,3-6H2,1-2H3. The zero-order valence-corrected chi connectivity index (χ0v) is 12.7. The summed E-state index contributed by atoms with van der Waals surface area (Å²) < 4.78 is 32.1. The molecule has 1 saturated heterocycles. The van der Waals surface area contributed by atoms with E-state index in [9.17, 15) is 8.42 Å². The molecule has 1 unspecified atom stereocenters. The third kappa shape index (κ3) is 2.58. The molecule has 7 heteroatoms. The molecule has 18 heavy (non-hydrogen) atoms. The Balaban J connectivity index is 2.38. The molecule has 102 valence electrons. The third-order valence-corrected chi connectivity index (χ3v) is 6.67. The Kier molecular flexibility index (Phi) is 4.33. The van der Waals surface area contributed by atoms with Crippen molar-refractivity contribution < 1.29 is 13.2 Å². The summed E-state index contributed by atoms with van der Waals surface area (Å²) in [4.78, 5) is 1.10. The molecule has 0 amide bonds. The van der Waals surface area contributed by atoms with Crippen LogP contribution in [0.1, 0.15) is 17.4 Å². The number of halogens is 1. The van der Waals surface area contributed by atoms with Gasteiger partial charge in [-0.2, -0.15) is 4.31 Å². The minimum absolute atomic E-state index is 0.0630. The van der Waals surface area contributed by atoms with Crippen LogP contribution in [0.3, 0.4) is 0 Å². The maximum atomic E-state index is 12.6. The predicted octanol–water partition coefficient (Wildman–Crippen LogP) is 2.20. The van der Waals surface area contributed by atoms with Crippen LogP contribution >= 0.6 is 22.9 Å². The van der Waals surface area contributed by atoms with Gasteiger partial charge in [0.2, 0.25) is 10.0 Å². The number of ether oxygens (including phenoxy) is 1. The molecule has 1 aromatic rings. The molecular weight excluding hydrogens is 294 g/mol. The summed E-state index contributed by atoms with van der Waals surface area (Å²) in [5.74, 6) is 0.229. The second kappa shape index (κ2) is 5.46. The topological polar surface area (TPSA) is 46.6 Å². The number of alkyl halides is 1. The van der Waals surface area contributed by atoms with Crippen molar-refractivity contribution in [1.82, 2.24) is 4.31 Å². The minimum atomic E-state index is -3.45. The van der Waals surface area contributed by atoms with Crippen molar-refractivity contribution in [1.29, 1.82) is 0 Å². The van der Waals surface area contributed by atoms with Crippen molar-refractivity contribution in [2.45, 2.75) is 30.7 Å². The maximum absolute atomic E-state index is 12.6. The van der Waals surface area contributed by atoms with Crippen molar-refractivity contribution >= 4 is 33.0 Å². The molecule has 1 atom stereocenters. The zero-order valence-electron chi connectivity index (χ0n) is 10.3. The fraction of sp³-hybridized carbons (Fsp3) is 0.636. The molecule has 1 aliphatic rings. The Hall–Kier alpha value is -0.140. The Labute approximate surface area is 117 Å². The van der Waals surface area contributed by atoms with E-state index in [1.807, 2.05) is 19.2 Å². The Morgan fingerprint density at radius 2 is 2.33 bits per heavy atom. The van der Waals surface area contributed by atoms with Gasteiger partial charge in [-0.3, -0.25) is 0 Å². The fourth-order valence-corrected chi connectivity index (χ4v) is 5.57. The van der Waals surface area contributed by atoms with Gasteiger partial charge in [0.05, 0.1) is 18.6 Å². The first-order valence-corrected chi connectivity index (χ1v) is 8.57. The highest BCUT2D eigenvalue weighted by atomic mass is 35.5. The molecule has 0 radical (unpaired) electrons. The van der Waals surface area contributed by atoms with E-state index in [2.05, 4.69) is 0 Å². The number of hydrogen-bond donors (Lipinski definition) is 0. The van der Waals surface area contributed by atoms with Gasteiger partial charge in [-0.1, -0.05) is 0 Å². The van der Waals surface area contributed by atoms with Crippen LogP contribution in [0.5, 0.6) is 0 Å². The van der Waals surface area contributed by atoms with E-state index in [4.69, 9.17) is 16.3 Å². The molecule has 0 saturated carbocycles. The molecule has 4 nitrogen and oxygen atoms in total. The van der Waals surface area contributed by atoms with Crippen LogP contribution in [-0.4, -0.2) is 38.5 Å². The lowest BCUT2D eigenvalue weighted by Gasteiger charge is -2.30. The van der Waals surface area contributed by atoms with E-state index in [0.717, 1.165) is 5.56 Å². The van der Waals surface area contributed by atoms with Crippen molar-refractivity contribution in [3.05, 3.63) is 15.8 Å². The van der Waals surface area contributed by atoms with Crippen LogP contribution in [0.2, 0.25) is 0 Å². The summed E-state index contributed by atoms with van der Waals surface area (Å²) in [6.45, 7) is 4.94. The van der Waals surface area contributed by atoms with E-state index >= 15 is 0 Å². The summed E-state index contributed by atoms with van der Waals surface area (Å²) in [6, 6.07) is 0. The number of aryl methyl sites for hydroxylation is 1. The third-order valence-electron chi connectivity index (χ3n) is 2.91. The average molecular weight is 310 g/mol. The molecule has 2 heterocycles. The molecule has 2 rings (SSSR count). The normalized spacial score (nSPS) is 22.3. The molecule has 0 aromatic carbocycles. The molecule has 1 aromatic heterocycles. The van der Waals surface area contributed by atoms with E-state index in [1.165, 1.54) is 15.6 Å². The smallest absolute Gasteiger partial charge is 0.244 e. The largest absolute Gasteiger partial charge is 0.376 e. The molecule has 1 aliphatic heterocycles. The van der Waals surface area contributed by atoms with Gasteiger partial charge < -0.3 is 4.74 Å². The van der Waals surface area contributed by atoms with Crippen LogP contribution in [0.15, 0.2) is 10.3 Å². The second-order valence-electron chi connectivity index (χ2n) is 4.35. The summed E-state index contributed by atoms with van der Waals surface area (Å²) in [6.07, 6.45) is -0.0630. The van der Waals surface area contributed by atoms with E-state index in [-0.39, 0.29) is 12.0 Å². The molecule has 0 N–H and O–H groups in total. The van der Waals surface area contributed by atoms with Gasteiger partial charge in [-0.25, -0.2) is 8.42 Å². The van der Waals surface area contributed by atoms with Gasteiger partial charge in [-0.05, 0) is 24.8 Å². The van der Waals surface area contributed by atoms with Gasteiger partial charge in [-0.15, -0.1) is 22.9 Å². The van der Waals surface area contributed by atoms with Gasteiger partial charge in [0.15, 0.2) is 0 Å². The average Bonchev–Trinajstić information content (AvgIpc) is 2.71. The number of rotatable bonds is 3. The van der Waals surface area contributed by atoms with Gasteiger partial charge in [0, 0.05) is 18.0 Å². The molecule has 0 bridgehead atoms. The van der Waals surface area contributed by atoms with Crippen molar-refractivity contribution in [2.24, 2.45) is 0 Å². The van der Waals surface area contributed by atoms with Crippen molar-refractivity contribution in [2.75, 3.05) is 19.7 Å². The van der Waals surface area contributed by atoms with Crippen molar-refractivity contribution in [3.8, 4) is 0 Å². The highest BCUT2D eigenvalue weighted by Crippen LogP contribution is 2.31. The van der Waals surface area contributed by atoms with Crippen molar-refractivity contribution in [3.63, 3.8) is 0 Å². The van der Waals surface area contributed by atoms with Crippen LogP contribution in [0.4, 0.5) is 0 Å². The summed E-state index contributed by atoms with van der Waals surface area (Å²) in [7, 11) is -3.45. The van der Waals surface area contributed by atoms with Crippen LogP contribution in [-0.2, 0) is 20.6 Å². The zero-order chi connectivity index (χ0) is 13.3. The lowest BCUT2D eigenvalue weighted by molar-refractivity contribution is 0.0101. The molecular formula is C11H16ClNO3S2. The second-order valence-corrected chi connectivity index (χ2v) is 7.46. The lowest BCUT2D eigenvalue weighted by Crippen LogP contribution is -2.44. The minimum Gasteiger partial charge on any atom is -0.376 e. The first kappa shape index (κ1) is 14.3. The highest BCUT2D eigenvalue weighted by Gasteiger charge is 2.32. The van der Waals surface area contributed by atoms with Crippen LogP contribution in [0, 0.1) is 6.92 Å². The van der Waals surface area contributed by atoms with E-state index < -0.39 is 10.0 Å². The fourth-order valence-electron chi connectivity index (χ4n) is 2.06. The van der Waals surface area contributed by atoms with Gasteiger partial charge >= 0.3 is 0 Å². The van der Waals surface area contributed by atoms with E-state index in [1.54, 1.807) is 0 Å². The number of thiophene rings is 1. The molecule has 0 spiro atoms.